The van der Waals surface area contributed by atoms with E-state index in [4.69, 9.17) is 0 Å². The van der Waals surface area contributed by atoms with E-state index in [1.807, 2.05) is 43.3 Å². The van der Waals surface area contributed by atoms with Crippen LogP contribution >= 0.6 is 0 Å². The summed E-state index contributed by atoms with van der Waals surface area (Å²) in [5.41, 5.74) is 3.36. The second-order valence-corrected chi connectivity index (χ2v) is 9.76. The Morgan fingerprint density at radius 3 is 2.41 bits per heavy atom. The van der Waals surface area contributed by atoms with Crippen molar-refractivity contribution in [2.45, 2.75) is 43.0 Å². The standard InChI is InChI=1S/C22H27N3O3S/c1-24(2)19-9-7-16(8-10-19)22(26)25-14-13-17-15-20(11-12-21(17)25)29(27,28)23-18-5-3-4-6-18/h7-12,15,18,23H,3-6,13-14H2,1-2H3. The van der Waals surface area contributed by atoms with Gasteiger partial charge >= 0.3 is 0 Å². The second kappa shape index (κ2) is 7.80. The van der Waals surface area contributed by atoms with E-state index in [0.29, 0.717) is 18.5 Å². The van der Waals surface area contributed by atoms with Gasteiger partial charge in [0.1, 0.15) is 0 Å². The summed E-state index contributed by atoms with van der Waals surface area (Å²) in [6.45, 7) is 0.559. The molecule has 1 N–H and O–H groups in total. The van der Waals surface area contributed by atoms with Crippen molar-refractivity contribution in [2.75, 3.05) is 30.4 Å². The fourth-order valence-electron chi connectivity index (χ4n) is 4.15. The highest BCUT2D eigenvalue weighted by Crippen LogP contribution is 2.32. The van der Waals surface area contributed by atoms with E-state index in [9.17, 15) is 13.2 Å². The largest absolute Gasteiger partial charge is 0.378 e. The van der Waals surface area contributed by atoms with Crippen LogP contribution in [-0.2, 0) is 16.4 Å². The fourth-order valence-corrected chi connectivity index (χ4v) is 5.50. The molecule has 1 aliphatic heterocycles. The molecule has 6 nitrogen and oxygen atoms in total. The maximum absolute atomic E-state index is 13.0. The quantitative estimate of drug-likeness (QED) is 0.817. The zero-order chi connectivity index (χ0) is 20.6. The number of fused-ring (bicyclic) bond motifs is 1. The first-order valence-corrected chi connectivity index (χ1v) is 11.6. The third-order valence-electron chi connectivity index (χ3n) is 5.81. The number of amides is 1. The molecule has 0 radical (unpaired) electrons. The van der Waals surface area contributed by atoms with Gasteiger partial charge in [0, 0.05) is 43.6 Å². The van der Waals surface area contributed by atoms with Crippen molar-refractivity contribution >= 4 is 27.3 Å². The Labute approximate surface area is 172 Å². The highest BCUT2D eigenvalue weighted by atomic mass is 32.2. The molecule has 0 unspecified atom stereocenters. The van der Waals surface area contributed by atoms with Crippen LogP contribution in [0.2, 0.25) is 0 Å². The molecular weight excluding hydrogens is 386 g/mol. The predicted octanol–water partition coefficient (Wildman–Crippen LogP) is 3.18. The van der Waals surface area contributed by atoms with Crippen molar-refractivity contribution in [3.8, 4) is 0 Å². The summed E-state index contributed by atoms with van der Waals surface area (Å²) < 4.78 is 28.3. The minimum atomic E-state index is -3.53. The van der Waals surface area contributed by atoms with Crippen molar-refractivity contribution < 1.29 is 13.2 Å². The van der Waals surface area contributed by atoms with E-state index in [1.165, 1.54) is 0 Å². The summed E-state index contributed by atoms with van der Waals surface area (Å²) in [5.74, 6) is -0.0613. The zero-order valence-electron chi connectivity index (χ0n) is 16.9. The minimum Gasteiger partial charge on any atom is -0.378 e. The molecule has 0 bridgehead atoms. The first kappa shape index (κ1) is 19.9. The van der Waals surface area contributed by atoms with Crippen LogP contribution in [0.3, 0.4) is 0 Å². The highest BCUT2D eigenvalue weighted by molar-refractivity contribution is 7.89. The van der Waals surface area contributed by atoms with Crippen LogP contribution in [0.4, 0.5) is 11.4 Å². The van der Waals surface area contributed by atoms with Gasteiger partial charge in [-0.15, -0.1) is 0 Å². The third kappa shape index (κ3) is 4.02. The second-order valence-electron chi connectivity index (χ2n) is 8.04. The first-order chi connectivity index (χ1) is 13.8. The van der Waals surface area contributed by atoms with Crippen molar-refractivity contribution in [1.29, 1.82) is 0 Å². The summed E-state index contributed by atoms with van der Waals surface area (Å²) in [4.78, 5) is 17.0. The van der Waals surface area contributed by atoms with Gasteiger partial charge in [0.25, 0.3) is 5.91 Å². The Bertz CT molecular complexity index is 1010. The molecule has 29 heavy (non-hydrogen) atoms. The van der Waals surface area contributed by atoms with Gasteiger partial charge in [-0.05, 0) is 67.3 Å². The van der Waals surface area contributed by atoms with Gasteiger partial charge in [-0.1, -0.05) is 12.8 Å². The Balaban J connectivity index is 1.54. The van der Waals surface area contributed by atoms with Gasteiger partial charge in [-0.2, -0.15) is 0 Å². The Kier molecular flexibility index (Phi) is 5.36. The molecule has 0 aromatic heterocycles. The molecule has 1 amide bonds. The van der Waals surface area contributed by atoms with Crippen molar-refractivity contribution in [3.63, 3.8) is 0 Å². The van der Waals surface area contributed by atoms with Crippen LogP contribution in [0.1, 0.15) is 41.6 Å². The molecule has 2 aliphatic rings. The zero-order valence-corrected chi connectivity index (χ0v) is 17.7. The molecule has 0 saturated heterocycles. The van der Waals surface area contributed by atoms with Gasteiger partial charge < -0.3 is 9.80 Å². The molecule has 154 valence electrons. The number of carbonyl (C=O) groups is 1. The van der Waals surface area contributed by atoms with Gasteiger partial charge in [0.2, 0.25) is 10.0 Å². The van der Waals surface area contributed by atoms with Gasteiger partial charge in [-0.25, -0.2) is 13.1 Å². The molecule has 0 atom stereocenters. The Morgan fingerprint density at radius 2 is 1.76 bits per heavy atom. The van der Waals surface area contributed by atoms with Crippen LogP contribution in [-0.4, -0.2) is 41.0 Å². The maximum Gasteiger partial charge on any atom is 0.258 e. The molecule has 1 aliphatic carbocycles. The lowest BCUT2D eigenvalue weighted by molar-refractivity contribution is 0.0989. The normalized spacial score (nSPS) is 16.8. The number of hydrogen-bond donors (Lipinski definition) is 1. The van der Waals surface area contributed by atoms with Crippen LogP contribution in [0.5, 0.6) is 0 Å². The molecule has 2 aromatic rings. The lowest BCUT2D eigenvalue weighted by Crippen LogP contribution is -2.32. The number of nitrogens with zero attached hydrogens (tertiary/aromatic N) is 2. The molecule has 0 spiro atoms. The summed E-state index contributed by atoms with van der Waals surface area (Å²) in [6, 6.07) is 12.6. The SMILES string of the molecule is CN(C)c1ccc(C(=O)N2CCc3cc(S(=O)(=O)NC4CCCC4)ccc32)cc1. The summed E-state index contributed by atoms with van der Waals surface area (Å²) in [5, 5.41) is 0. The highest BCUT2D eigenvalue weighted by Gasteiger charge is 2.28. The molecule has 1 heterocycles. The summed E-state index contributed by atoms with van der Waals surface area (Å²) >= 11 is 0. The average molecular weight is 414 g/mol. The van der Waals surface area contributed by atoms with Crippen LogP contribution in [0.15, 0.2) is 47.4 Å². The number of rotatable bonds is 5. The van der Waals surface area contributed by atoms with Gasteiger partial charge in [0.15, 0.2) is 0 Å². The lowest BCUT2D eigenvalue weighted by Gasteiger charge is -2.19. The topological polar surface area (TPSA) is 69.7 Å². The summed E-state index contributed by atoms with van der Waals surface area (Å²) in [7, 11) is 0.392. The van der Waals surface area contributed by atoms with Crippen LogP contribution in [0, 0.1) is 0 Å². The monoisotopic (exact) mass is 413 g/mol. The number of hydrogen-bond acceptors (Lipinski definition) is 4. The fraction of sp³-hybridized carbons (Fsp3) is 0.409. The van der Waals surface area contributed by atoms with Crippen molar-refractivity contribution in [1.82, 2.24) is 4.72 Å². The van der Waals surface area contributed by atoms with E-state index in [1.54, 1.807) is 23.1 Å². The van der Waals surface area contributed by atoms with Crippen LogP contribution in [0.25, 0.3) is 0 Å². The van der Waals surface area contributed by atoms with E-state index in [0.717, 1.165) is 42.6 Å². The number of sulfonamides is 1. The van der Waals surface area contributed by atoms with E-state index in [2.05, 4.69) is 4.72 Å². The first-order valence-electron chi connectivity index (χ1n) is 10.1. The smallest absolute Gasteiger partial charge is 0.258 e. The number of nitrogens with one attached hydrogen (secondary N) is 1. The molecule has 2 aromatic carbocycles. The maximum atomic E-state index is 13.0. The van der Waals surface area contributed by atoms with Crippen molar-refractivity contribution in [2.24, 2.45) is 0 Å². The van der Waals surface area contributed by atoms with E-state index in [-0.39, 0.29) is 16.8 Å². The predicted molar refractivity (Wildman–Crippen MR) is 115 cm³/mol. The number of carbonyl (C=O) groups excluding carboxylic acids is 1. The summed E-state index contributed by atoms with van der Waals surface area (Å²) in [6.07, 6.45) is 4.61. The number of anilines is 2. The third-order valence-corrected chi connectivity index (χ3v) is 7.33. The van der Waals surface area contributed by atoms with E-state index >= 15 is 0 Å². The molecule has 1 fully saturated rings. The average Bonchev–Trinajstić information content (AvgIpc) is 3.36. The van der Waals surface area contributed by atoms with Gasteiger partial charge in [0.05, 0.1) is 4.90 Å². The molecular formula is C22H27N3O3S. The number of benzene rings is 2. The lowest BCUT2D eigenvalue weighted by atomic mass is 10.1. The van der Waals surface area contributed by atoms with Crippen LogP contribution < -0.4 is 14.5 Å². The van der Waals surface area contributed by atoms with Crippen molar-refractivity contribution in [3.05, 3.63) is 53.6 Å². The molecule has 1 saturated carbocycles. The Morgan fingerprint density at radius 1 is 1.07 bits per heavy atom. The Hall–Kier alpha value is -2.38. The van der Waals surface area contributed by atoms with E-state index < -0.39 is 10.0 Å². The van der Waals surface area contributed by atoms with Gasteiger partial charge in [-0.3, -0.25) is 4.79 Å². The molecule has 7 heteroatoms. The minimum absolute atomic E-state index is 0.0384. The molecule has 4 rings (SSSR count).